The first kappa shape index (κ1) is 10.2. The quantitative estimate of drug-likeness (QED) is 0.838. The van der Waals surface area contributed by atoms with Crippen molar-refractivity contribution in [1.82, 2.24) is 9.88 Å². The number of amides is 1. The number of hydrogen-bond donors (Lipinski definition) is 1. The van der Waals surface area contributed by atoms with Crippen LogP contribution >= 0.6 is 11.3 Å². The van der Waals surface area contributed by atoms with Gasteiger partial charge in [0.05, 0.1) is 24.3 Å². The number of carbonyl (C=O) groups excluding carboxylic acids is 1. The van der Waals surface area contributed by atoms with Crippen molar-refractivity contribution in [2.75, 3.05) is 13.1 Å². The predicted molar refractivity (Wildman–Crippen MR) is 60.4 cm³/mol. The number of β-amino-alcohol motifs (C(OH)–C–C–N with tert-alkyl or cyclic N) is 1. The van der Waals surface area contributed by atoms with Crippen LogP contribution in [0, 0.1) is 12.8 Å². The molecule has 0 bridgehead atoms. The molecule has 1 aliphatic heterocycles. The molecular formula is C11H14N2O2S. The molecule has 1 aromatic rings. The zero-order valence-corrected chi connectivity index (χ0v) is 9.96. The van der Waals surface area contributed by atoms with Crippen molar-refractivity contribution in [2.45, 2.75) is 25.4 Å². The monoisotopic (exact) mass is 238 g/mol. The summed E-state index contributed by atoms with van der Waals surface area (Å²) in [5.74, 6) is 0.440. The molecule has 2 fully saturated rings. The van der Waals surface area contributed by atoms with Crippen molar-refractivity contribution in [3.63, 3.8) is 0 Å². The minimum absolute atomic E-state index is 0.0101. The summed E-state index contributed by atoms with van der Waals surface area (Å²) in [7, 11) is 0. The summed E-state index contributed by atoms with van der Waals surface area (Å²) < 4.78 is 0. The lowest BCUT2D eigenvalue weighted by molar-refractivity contribution is -0.0956. The topological polar surface area (TPSA) is 53.4 Å². The molecule has 0 atom stereocenters. The maximum absolute atomic E-state index is 12.0. The number of aliphatic hydroxyl groups is 1. The molecule has 0 unspecified atom stereocenters. The summed E-state index contributed by atoms with van der Waals surface area (Å²) in [5.41, 5.74) is -0.588. The minimum Gasteiger partial charge on any atom is -0.386 e. The summed E-state index contributed by atoms with van der Waals surface area (Å²) >= 11 is 1.41. The van der Waals surface area contributed by atoms with Crippen molar-refractivity contribution >= 4 is 17.2 Å². The van der Waals surface area contributed by atoms with Crippen LogP contribution in [0.2, 0.25) is 0 Å². The SMILES string of the molecule is Cc1ncc(C(=O)N2CC(O)(C3CC3)C2)s1. The normalized spacial score (nSPS) is 23.0. The molecule has 1 aliphatic carbocycles. The van der Waals surface area contributed by atoms with Gasteiger partial charge in [-0.2, -0.15) is 0 Å². The van der Waals surface area contributed by atoms with Gasteiger partial charge in [0.15, 0.2) is 0 Å². The standard InChI is InChI=1S/C11H14N2O2S/c1-7-12-4-9(16-7)10(14)13-5-11(15,6-13)8-2-3-8/h4,8,15H,2-3,5-6H2,1H3. The van der Waals surface area contributed by atoms with Gasteiger partial charge in [-0.1, -0.05) is 0 Å². The number of aryl methyl sites for hydroxylation is 1. The van der Waals surface area contributed by atoms with Gasteiger partial charge in [-0.3, -0.25) is 4.79 Å². The molecule has 0 aromatic carbocycles. The average Bonchev–Trinajstić information content (AvgIpc) is 2.96. The molecule has 1 amide bonds. The Labute approximate surface area is 97.9 Å². The molecule has 16 heavy (non-hydrogen) atoms. The molecule has 2 heterocycles. The van der Waals surface area contributed by atoms with E-state index in [-0.39, 0.29) is 5.91 Å². The number of thiazole rings is 1. The Bertz CT molecular complexity index is 433. The number of nitrogens with zero attached hydrogens (tertiary/aromatic N) is 2. The van der Waals surface area contributed by atoms with Gasteiger partial charge in [0.25, 0.3) is 5.91 Å². The van der Waals surface area contributed by atoms with E-state index in [0.717, 1.165) is 17.8 Å². The molecule has 4 nitrogen and oxygen atoms in total. The third-order valence-electron chi connectivity index (χ3n) is 3.39. The van der Waals surface area contributed by atoms with Gasteiger partial charge in [-0.05, 0) is 25.7 Å². The van der Waals surface area contributed by atoms with Crippen molar-refractivity contribution in [3.8, 4) is 0 Å². The highest BCUT2D eigenvalue weighted by atomic mass is 32.1. The Kier molecular flexibility index (Phi) is 2.09. The summed E-state index contributed by atoms with van der Waals surface area (Å²) in [6.07, 6.45) is 3.84. The Morgan fingerprint density at radius 2 is 2.31 bits per heavy atom. The van der Waals surface area contributed by atoms with Crippen LogP contribution in [0.25, 0.3) is 0 Å². The highest BCUT2D eigenvalue weighted by molar-refractivity contribution is 7.13. The van der Waals surface area contributed by atoms with Crippen LogP contribution in [0.15, 0.2) is 6.20 Å². The number of aromatic nitrogens is 1. The van der Waals surface area contributed by atoms with Crippen molar-refractivity contribution in [2.24, 2.45) is 5.92 Å². The highest BCUT2D eigenvalue weighted by Crippen LogP contribution is 2.44. The fourth-order valence-corrected chi connectivity index (χ4v) is 3.00. The van der Waals surface area contributed by atoms with Crippen molar-refractivity contribution in [1.29, 1.82) is 0 Å². The van der Waals surface area contributed by atoms with Gasteiger partial charge < -0.3 is 10.0 Å². The summed E-state index contributed by atoms with van der Waals surface area (Å²) in [6, 6.07) is 0. The highest BCUT2D eigenvalue weighted by Gasteiger charge is 2.53. The lowest BCUT2D eigenvalue weighted by atomic mass is 9.88. The molecule has 2 aliphatic rings. The van der Waals surface area contributed by atoms with Crippen LogP contribution in [0.4, 0.5) is 0 Å². The Balaban J connectivity index is 1.66. The van der Waals surface area contributed by atoms with E-state index in [0.29, 0.717) is 23.9 Å². The van der Waals surface area contributed by atoms with Gasteiger partial charge in [-0.25, -0.2) is 4.98 Å². The van der Waals surface area contributed by atoms with Crippen LogP contribution in [0.5, 0.6) is 0 Å². The van der Waals surface area contributed by atoms with E-state index in [4.69, 9.17) is 0 Å². The first-order valence-electron chi connectivity index (χ1n) is 5.52. The van der Waals surface area contributed by atoms with Crippen LogP contribution < -0.4 is 0 Å². The third kappa shape index (κ3) is 1.55. The smallest absolute Gasteiger partial charge is 0.265 e. The third-order valence-corrected chi connectivity index (χ3v) is 4.29. The minimum atomic E-state index is -0.588. The second-order valence-corrected chi connectivity index (χ2v) is 6.02. The Hall–Kier alpha value is -0.940. The lowest BCUT2D eigenvalue weighted by Crippen LogP contribution is -2.64. The van der Waals surface area contributed by atoms with E-state index in [1.165, 1.54) is 11.3 Å². The summed E-state index contributed by atoms with van der Waals surface area (Å²) in [6.45, 7) is 2.87. The van der Waals surface area contributed by atoms with E-state index in [2.05, 4.69) is 4.98 Å². The zero-order valence-electron chi connectivity index (χ0n) is 9.14. The first-order chi connectivity index (χ1) is 7.58. The fraction of sp³-hybridized carbons (Fsp3) is 0.636. The van der Waals surface area contributed by atoms with E-state index in [1.54, 1.807) is 11.1 Å². The molecule has 0 radical (unpaired) electrons. The van der Waals surface area contributed by atoms with Crippen LogP contribution in [-0.2, 0) is 0 Å². The second kappa shape index (κ2) is 3.28. The van der Waals surface area contributed by atoms with Gasteiger partial charge in [0, 0.05) is 0 Å². The largest absolute Gasteiger partial charge is 0.386 e. The molecule has 1 saturated carbocycles. The molecule has 3 rings (SSSR count). The lowest BCUT2D eigenvalue weighted by Gasteiger charge is -2.46. The van der Waals surface area contributed by atoms with Crippen LogP contribution in [0.3, 0.4) is 0 Å². The van der Waals surface area contributed by atoms with E-state index >= 15 is 0 Å². The van der Waals surface area contributed by atoms with Gasteiger partial charge in [-0.15, -0.1) is 11.3 Å². The molecule has 0 spiro atoms. The first-order valence-corrected chi connectivity index (χ1v) is 6.34. The zero-order chi connectivity index (χ0) is 11.3. The summed E-state index contributed by atoms with van der Waals surface area (Å²) in [4.78, 5) is 18.4. The number of hydrogen-bond acceptors (Lipinski definition) is 4. The predicted octanol–water partition coefficient (Wildman–Crippen LogP) is 1.05. The van der Waals surface area contributed by atoms with Crippen molar-refractivity contribution in [3.05, 3.63) is 16.1 Å². The van der Waals surface area contributed by atoms with Gasteiger partial charge >= 0.3 is 0 Å². The molecule has 1 saturated heterocycles. The van der Waals surface area contributed by atoms with Crippen LogP contribution in [0.1, 0.15) is 27.5 Å². The van der Waals surface area contributed by atoms with Crippen molar-refractivity contribution < 1.29 is 9.90 Å². The van der Waals surface area contributed by atoms with E-state index in [1.807, 2.05) is 6.92 Å². The maximum Gasteiger partial charge on any atom is 0.265 e. The molecular weight excluding hydrogens is 224 g/mol. The van der Waals surface area contributed by atoms with E-state index in [9.17, 15) is 9.90 Å². The average molecular weight is 238 g/mol. The number of carbonyl (C=O) groups is 1. The van der Waals surface area contributed by atoms with Gasteiger partial charge in [0.1, 0.15) is 10.5 Å². The fourth-order valence-electron chi connectivity index (χ4n) is 2.25. The Morgan fingerprint density at radius 3 is 2.81 bits per heavy atom. The maximum atomic E-state index is 12.0. The summed E-state index contributed by atoms with van der Waals surface area (Å²) in [5, 5.41) is 11.0. The van der Waals surface area contributed by atoms with E-state index < -0.39 is 5.60 Å². The molecule has 1 N–H and O–H groups in total. The number of rotatable bonds is 2. The second-order valence-electron chi connectivity index (χ2n) is 4.78. The van der Waals surface area contributed by atoms with Crippen LogP contribution in [-0.4, -0.2) is 39.6 Å². The molecule has 86 valence electrons. The molecule has 5 heteroatoms. The Morgan fingerprint density at radius 1 is 1.62 bits per heavy atom. The molecule has 1 aromatic heterocycles. The number of likely N-dealkylation sites (tertiary alicyclic amines) is 1. The van der Waals surface area contributed by atoms with Gasteiger partial charge in [0.2, 0.25) is 0 Å².